The van der Waals surface area contributed by atoms with Crippen LogP contribution in [0.4, 0.5) is 26.3 Å². The summed E-state index contributed by atoms with van der Waals surface area (Å²) in [6, 6.07) is 7.42. The highest BCUT2D eigenvalue weighted by atomic mass is 35.5. The number of benzene rings is 2. The number of Topliss-reactive ketones (excluding diaryl/α,β-unsaturated/α-hetero) is 2. The fourth-order valence-corrected chi connectivity index (χ4v) is 4.99. The van der Waals surface area contributed by atoms with Crippen molar-refractivity contribution in [3.05, 3.63) is 119 Å². The van der Waals surface area contributed by atoms with Gasteiger partial charge in [0.05, 0.1) is 18.0 Å². The fraction of sp³-hybridized carbons (Fsp3) is 0.350. The number of unbranched alkanes of at least 4 members (excludes halogenated alkanes) is 4. The van der Waals surface area contributed by atoms with E-state index in [0.29, 0.717) is 54.7 Å². The minimum Gasteiger partial charge on any atom is -0.503 e. The molecule has 0 saturated heterocycles. The number of phenolic OH excluding ortho intramolecular Hbond substituents is 1. The third-order valence-electron chi connectivity index (χ3n) is 7.98. The molecule has 10 nitrogen and oxygen atoms in total. The van der Waals surface area contributed by atoms with E-state index in [2.05, 4.69) is 27.5 Å². The Morgan fingerprint density at radius 1 is 0.632 bits per heavy atom. The van der Waals surface area contributed by atoms with E-state index >= 15 is 0 Å². The van der Waals surface area contributed by atoms with Crippen molar-refractivity contribution in [2.75, 3.05) is 12.5 Å². The molecule has 0 unspecified atom stereocenters. The van der Waals surface area contributed by atoms with Crippen molar-refractivity contribution < 1.29 is 55.4 Å². The van der Waals surface area contributed by atoms with E-state index < -0.39 is 76.8 Å². The van der Waals surface area contributed by atoms with Gasteiger partial charge in [0, 0.05) is 35.9 Å². The first-order chi connectivity index (χ1) is 27.2. The van der Waals surface area contributed by atoms with Gasteiger partial charge in [0.15, 0.2) is 46.3 Å². The Kier molecular flexibility index (Phi) is 21.4. The van der Waals surface area contributed by atoms with E-state index in [1.807, 2.05) is 6.92 Å². The molecule has 4 rings (SSSR count). The predicted octanol–water partition coefficient (Wildman–Crippen LogP) is 8.20. The zero-order valence-electron chi connectivity index (χ0n) is 31.2. The normalized spacial score (nSPS) is 11.5. The number of carbonyl (C=O) groups is 4. The van der Waals surface area contributed by atoms with Crippen molar-refractivity contribution in [2.24, 2.45) is 0 Å². The van der Waals surface area contributed by atoms with E-state index in [1.165, 1.54) is 24.5 Å². The lowest BCUT2D eigenvalue weighted by Gasteiger charge is -2.18. The number of aromatic nitrogens is 2. The molecule has 0 aliphatic heterocycles. The van der Waals surface area contributed by atoms with Gasteiger partial charge < -0.3 is 20.5 Å². The van der Waals surface area contributed by atoms with Gasteiger partial charge in [-0.1, -0.05) is 52.4 Å². The number of pyridine rings is 2. The number of ketones is 2. The first-order valence-corrected chi connectivity index (χ1v) is 18.4. The van der Waals surface area contributed by atoms with Crippen LogP contribution in [0.1, 0.15) is 85.9 Å². The number of hydrogen-bond donors (Lipinski definition) is 3. The topological polar surface area (TPSA) is 148 Å². The monoisotopic (exact) mass is 824 g/mol. The molecular weight excluding hydrogens is 782 g/mol. The second-order valence-electron chi connectivity index (χ2n) is 12.2. The molecule has 0 fully saturated rings. The Bertz CT molecular complexity index is 1870. The molecule has 2 aromatic carbocycles. The van der Waals surface area contributed by atoms with Gasteiger partial charge in [-0.2, -0.15) is 8.78 Å². The number of hydrogen-bond acceptors (Lipinski definition) is 8. The van der Waals surface area contributed by atoms with Gasteiger partial charge in [0.1, 0.15) is 6.61 Å². The molecule has 57 heavy (non-hydrogen) atoms. The van der Waals surface area contributed by atoms with Gasteiger partial charge in [-0.15, -0.1) is 11.6 Å². The molecule has 0 spiro atoms. The fourth-order valence-electron chi connectivity index (χ4n) is 4.81. The van der Waals surface area contributed by atoms with Crippen LogP contribution >= 0.6 is 11.6 Å². The van der Waals surface area contributed by atoms with Crippen LogP contribution in [0.15, 0.2) is 73.3 Å². The largest absolute Gasteiger partial charge is 0.503 e. The Hall–Kier alpha value is -5.51. The summed E-state index contributed by atoms with van der Waals surface area (Å²) in [6.45, 7) is 3.38. The Morgan fingerprint density at radius 2 is 1.05 bits per heavy atom. The number of halogens is 7. The molecule has 308 valence electrons. The summed E-state index contributed by atoms with van der Waals surface area (Å²) in [7, 11) is 0. The lowest BCUT2D eigenvalue weighted by Crippen LogP contribution is -2.43. The molecule has 3 N–H and O–H groups in total. The van der Waals surface area contributed by atoms with Crippen molar-refractivity contribution in [3.8, 4) is 11.5 Å². The number of carbonyl (C=O) groups excluding carboxylic acids is 4. The number of phenols is 1. The van der Waals surface area contributed by atoms with Crippen LogP contribution < -0.4 is 15.4 Å². The molecule has 2 amide bonds. The second kappa shape index (κ2) is 25.6. The summed E-state index contributed by atoms with van der Waals surface area (Å²) in [5, 5.41) is 13.8. The maximum absolute atomic E-state index is 13.7. The van der Waals surface area contributed by atoms with Gasteiger partial charge in [0.25, 0.3) is 11.8 Å². The number of nitrogens with zero attached hydrogens (tertiary/aromatic N) is 2. The van der Waals surface area contributed by atoms with Gasteiger partial charge in [0.2, 0.25) is 11.6 Å². The van der Waals surface area contributed by atoms with E-state index in [1.54, 1.807) is 24.5 Å². The summed E-state index contributed by atoms with van der Waals surface area (Å²) in [5.74, 6) is -11.6. The molecule has 0 aliphatic rings. The molecule has 2 atom stereocenters. The zero-order chi connectivity index (χ0) is 42.3. The minimum absolute atomic E-state index is 0.0760. The summed E-state index contributed by atoms with van der Waals surface area (Å²) < 4.78 is 81.7. The zero-order valence-corrected chi connectivity index (χ0v) is 31.9. The molecule has 0 bridgehead atoms. The number of rotatable bonds is 18. The predicted molar refractivity (Wildman–Crippen MR) is 200 cm³/mol. The Balaban J connectivity index is 0.000000331. The first-order valence-electron chi connectivity index (χ1n) is 17.9. The molecule has 0 radical (unpaired) electrons. The lowest BCUT2D eigenvalue weighted by atomic mass is 10.0. The van der Waals surface area contributed by atoms with Crippen LogP contribution in [0.5, 0.6) is 11.5 Å². The van der Waals surface area contributed by atoms with Crippen molar-refractivity contribution in [1.82, 2.24) is 20.6 Å². The van der Waals surface area contributed by atoms with Gasteiger partial charge in [-0.3, -0.25) is 29.1 Å². The lowest BCUT2D eigenvalue weighted by molar-refractivity contribution is -0.123. The summed E-state index contributed by atoms with van der Waals surface area (Å²) in [4.78, 5) is 56.2. The average molecular weight is 825 g/mol. The summed E-state index contributed by atoms with van der Waals surface area (Å²) in [5.41, 5.74) is 0.823. The van der Waals surface area contributed by atoms with Gasteiger partial charge in [-0.25, -0.2) is 17.6 Å². The Labute approximate surface area is 331 Å². The van der Waals surface area contributed by atoms with Crippen LogP contribution in [-0.2, 0) is 9.59 Å². The Morgan fingerprint density at radius 3 is 1.49 bits per heavy atom. The van der Waals surface area contributed by atoms with Crippen LogP contribution in [0.3, 0.4) is 0 Å². The molecule has 0 aliphatic carbocycles. The third-order valence-corrected chi connectivity index (χ3v) is 8.24. The van der Waals surface area contributed by atoms with Crippen molar-refractivity contribution in [3.63, 3.8) is 0 Å². The SMILES string of the molecule is CCCCC[C@H](NC(=O)c1ccncc1)C(=O)CCl.CCCCC[C@H](NC(=O)c1ccncc1)C(=O)COc1c(F)ccc(F)c1F.Oc1c(F)ccc(F)c1F. The van der Waals surface area contributed by atoms with E-state index in [4.69, 9.17) is 21.4 Å². The molecular formula is C40H43ClF6N4O6. The summed E-state index contributed by atoms with van der Waals surface area (Å²) in [6.07, 6.45) is 12.4. The highest BCUT2D eigenvalue weighted by Crippen LogP contribution is 2.24. The third kappa shape index (κ3) is 16.2. The van der Waals surface area contributed by atoms with Crippen LogP contribution in [0.2, 0.25) is 0 Å². The van der Waals surface area contributed by atoms with Gasteiger partial charge in [-0.05, 0) is 61.4 Å². The molecule has 0 saturated carbocycles. The highest BCUT2D eigenvalue weighted by molar-refractivity contribution is 6.28. The second-order valence-corrected chi connectivity index (χ2v) is 12.5. The van der Waals surface area contributed by atoms with Crippen molar-refractivity contribution in [1.29, 1.82) is 0 Å². The van der Waals surface area contributed by atoms with E-state index in [-0.39, 0.29) is 17.6 Å². The minimum atomic E-state index is -1.56. The maximum Gasteiger partial charge on any atom is 0.251 e. The first kappa shape index (κ1) is 47.6. The number of nitrogens with one attached hydrogen (secondary N) is 2. The standard InChI is InChI=1S/C20H21F3N2O3.C14H19ClN2O2.C6H3F3O/c1-2-3-4-5-16(25-20(27)13-8-10-24-11-9-13)17(26)12-28-19-15(22)7-6-14(21)18(19)23;1-2-3-4-5-12(13(18)10-15)17-14(19)11-6-8-16-9-7-11;7-3-1-2-4(8)6(10)5(3)9/h6-11,16H,2-5,12H2,1H3,(H,25,27);6-9,12H,2-5,10H2,1H3,(H,17,19);1-2,10H/t16-;12-;/m00./s1. The molecule has 2 heterocycles. The quantitative estimate of drug-likeness (QED) is 0.0394. The molecule has 4 aromatic rings. The summed E-state index contributed by atoms with van der Waals surface area (Å²) >= 11 is 5.58. The number of alkyl halides is 1. The van der Waals surface area contributed by atoms with Crippen LogP contribution in [0, 0.1) is 34.9 Å². The number of amides is 2. The number of ether oxygens (including phenoxy) is 1. The van der Waals surface area contributed by atoms with E-state index in [9.17, 15) is 45.5 Å². The maximum atomic E-state index is 13.7. The van der Waals surface area contributed by atoms with Crippen molar-refractivity contribution in [2.45, 2.75) is 77.3 Å². The van der Waals surface area contributed by atoms with Crippen molar-refractivity contribution >= 4 is 35.0 Å². The number of aromatic hydroxyl groups is 1. The molecule has 2 aromatic heterocycles. The average Bonchev–Trinajstić information content (AvgIpc) is 3.22. The van der Waals surface area contributed by atoms with Crippen LogP contribution in [0.25, 0.3) is 0 Å². The smallest absolute Gasteiger partial charge is 0.251 e. The highest BCUT2D eigenvalue weighted by Gasteiger charge is 2.24. The van der Waals surface area contributed by atoms with E-state index in [0.717, 1.165) is 32.1 Å². The van der Waals surface area contributed by atoms with Gasteiger partial charge >= 0.3 is 0 Å². The van der Waals surface area contributed by atoms with Crippen LogP contribution in [-0.4, -0.2) is 63.0 Å². The molecule has 17 heteroatoms.